The summed E-state index contributed by atoms with van der Waals surface area (Å²) in [6, 6.07) is 0. The van der Waals surface area contributed by atoms with E-state index in [1.54, 1.807) is 0 Å². The van der Waals surface area contributed by atoms with Crippen LogP contribution in [0.2, 0.25) is 0 Å². The second-order valence-electron chi connectivity index (χ2n) is 8.64. The standard InChI is InChI=1S/C21H36N4O3/c1-6-20-16(4)22-25(17(20)5)12-21(27)24-10-18(19(11-24)13-26)9-23-7-14(2)28-15(3)8-23/h14-15,18-19,26H,6-13H2,1-5H3/t14-,15+,18-,19-/m1/s1. The fourth-order valence-corrected chi connectivity index (χ4v) is 4.95. The van der Waals surface area contributed by atoms with Gasteiger partial charge in [0.2, 0.25) is 5.91 Å². The SMILES string of the molecule is CCc1c(C)nn(CC(=O)N2C[C@@H](CN3C[C@@H](C)O[C@@H](C)C3)[C@@H](CO)C2)c1C. The predicted molar refractivity (Wildman–Crippen MR) is 108 cm³/mol. The first-order chi connectivity index (χ1) is 13.3. The van der Waals surface area contributed by atoms with Crippen molar-refractivity contribution in [2.75, 3.05) is 39.3 Å². The van der Waals surface area contributed by atoms with Crippen LogP contribution in [0.1, 0.15) is 37.7 Å². The fourth-order valence-electron chi connectivity index (χ4n) is 4.95. The summed E-state index contributed by atoms with van der Waals surface area (Å²) in [7, 11) is 0. The monoisotopic (exact) mass is 392 g/mol. The van der Waals surface area contributed by atoms with Gasteiger partial charge in [-0.1, -0.05) is 6.92 Å². The van der Waals surface area contributed by atoms with Gasteiger partial charge in [-0.15, -0.1) is 0 Å². The van der Waals surface area contributed by atoms with Crippen molar-refractivity contribution >= 4 is 5.91 Å². The Hall–Kier alpha value is -1.44. The van der Waals surface area contributed by atoms with Gasteiger partial charge in [0.25, 0.3) is 0 Å². The number of aliphatic hydroxyl groups excluding tert-OH is 1. The minimum absolute atomic E-state index is 0.0953. The summed E-state index contributed by atoms with van der Waals surface area (Å²) in [6.45, 7) is 14.9. The lowest BCUT2D eigenvalue weighted by Crippen LogP contribution is -2.48. The van der Waals surface area contributed by atoms with Crippen LogP contribution in [0.5, 0.6) is 0 Å². The first-order valence-electron chi connectivity index (χ1n) is 10.6. The maximum atomic E-state index is 12.9. The number of aliphatic hydroxyl groups is 1. The summed E-state index contributed by atoms with van der Waals surface area (Å²) in [4.78, 5) is 17.3. The quantitative estimate of drug-likeness (QED) is 0.789. The van der Waals surface area contributed by atoms with Crippen LogP contribution in [0.15, 0.2) is 0 Å². The van der Waals surface area contributed by atoms with E-state index in [0.29, 0.717) is 19.0 Å². The Morgan fingerprint density at radius 3 is 2.36 bits per heavy atom. The van der Waals surface area contributed by atoms with Gasteiger partial charge in [-0.3, -0.25) is 14.4 Å². The van der Waals surface area contributed by atoms with Crippen LogP contribution < -0.4 is 0 Å². The van der Waals surface area contributed by atoms with Crippen molar-refractivity contribution in [3.63, 3.8) is 0 Å². The summed E-state index contributed by atoms with van der Waals surface area (Å²) < 4.78 is 7.66. The van der Waals surface area contributed by atoms with Crippen molar-refractivity contribution in [2.24, 2.45) is 11.8 Å². The van der Waals surface area contributed by atoms with E-state index in [2.05, 4.69) is 30.8 Å². The van der Waals surface area contributed by atoms with Crippen LogP contribution >= 0.6 is 0 Å². The smallest absolute Gasteiger partial charge is 0.244 e. The van der Waals surface area contributed by atoms with Crippen molar-refractivity contribution in [1.82, 2.24) is 19.6 Å². The lowest BCUT2D eigenvalue weighted by atomic mass is 9.96. The molecule has 28 heavy (non-hydrogen) atoms. The molecule has 2 fully saturated rings. The van der Waals surface area contributed by atoms with Gasteiger partial charge < -0.3 is 14.7 Å². The van der Waals surface area contributed by atoms with Crippen LogP contribution in [0.3, 0.4) is 0 Å². The van der Waals surface area contributed by atoms with Gasteiger partial charge in [-0.05, 0) is 45.6 Å². The number of morpholine rings is 1. The highest BCUT2D eigenvalue weighted by Gasteiger charge is 2.37. The topological polar surface area (TPSA) is 70.8 Å². The molecular formula is C21H36N4O3. The van der Waals surface area contributed by atoms with Gasteiger partial charge in [0.15, 0.2) is 0 Å². The number of carbonyl (C=O) groups is 1. The second-order valence-corrected chi connectivity index (χ2v) is 8.64. The van der Waals surface area contributed by atoms with E-state index in [4.69, 9.17) is 4.74 Å². The Balaban J connectivity index is 1.62. The third-order valence-corrected chi connectivity index (χ3v) is 6.32. The summed E-state index contributed by atoms with van der Waals surface area (Å²) in [5.41, 5.74) is 3.32. The molecule has 1 N–H and O–H groups in total. The minimum Gasteiger partial charge on any atom is -0.396 e. The summed E-state index contributed by atoms with van der Waals surface area (Å²) in [6.07, 6.45) is 1.39. The van der Waals surface area contributed by atoms with Gasteiger partial charge in [-0.2, -0.15) is 5.10 Å². The number of hydrogen-bond donors (Lipinski definition) is 1. The first-order valence-corrected chi connectivity index (χ1v) is 10.6. The van der Waals surface area contributed by atoms with E-state index in [0.717, 1.165) is 37.4 Å². The molecule has 7 heteroatoms. The molecular weight excluding hydrogens is 356 g/mol. The molecule has 4 atom stereocenters. The molecule has 3 heterocycles. The predicted octanol–water partition coefficient (Wildman–Crippen LogP) is 1.24. The number of ether oxygens (including phenoxy) is 1. The summed E-state index contributed by atoms with van der Waals surface area (Å²) in [5.74, 6) is 0.542. The zero-order valence-electron chi connectivity index (χ0n) is 18.0. The molecule has 0 bridgehead atoms. The highest BCUT2D eigenvalue weighted by Crippen LogP contribution is 2.26. The van der Waals surface area contributed by atoms with Crippen LogP contribution in [0.4, 0.5) is 0 Å². The van der Waals surface area contributed by atoms with Crippen molar-refractivity contribution in [2.45, 2.75) is 59.8 Å². The normalized spacial score (nSPS) is 28.9. The highest BCUT2D eigenvalue weighted by atomic mass is 16.5. The molecule has 1 aromatic rings. The first kappa shape index (κ1) is 21.3. The number of amides is 1. The number of likely N-dealkylation sites (tertiary alicyclic amines) is 1. The lowest BCUT2D eigenvalue weighted by molar-refractivity contribution is -0.131. The van der Waals surface area contributed by atoms with Gasteiger partial charge in [0.1, 0.15) is 6.54 Å². The Morgan fingerprint density at radius 1 is 1.14 bits per heavy atom. The van der Waals surface area contributed by atoms with Crippen molar-refractivity contribution in [3.05, 3.63) is 17.0 Å². The van der Waals surface area contributed by atoms with E-state index >= 15 is 0 Å². The molecule has 158 valence electrons. The Bertz CT molecular complexity index is 679. The average molecular weight is 393 g/mol. The molecule has 1 amide bonds. The van der Waals surface area contributed by atoms with Gasteiger partial charge in [-0.25, -0.2) is 0 Å². The molecule has 3 rings (SSSR count). The number of nitrogens with zero attached hydrogens (tertiary/aromatic N) is 4. The molecule has 2 saturated heterocycles. The van der Waals surface area contributed by atoms with Crippen molar-refractivity contribution in [3.8, 4) is 0 Å². The molecule has 2 aliphatic rings. The zero-order chi connectivity index (χ0) is 20.4. The number of rotatable bonds is 6. The Morgan fingerprint density at radius 2 is 1.79 bits per heavy atom. The molecule has 0 aromatic carbocycles. The second kappa shape index (κ2) is 8.93. The molecule has 0 radical (unpaired) electrons. The van der Waals surface area contributed by atoms with Crippen LogP contribution in [-0.2, 0) is 22.5 Å². The summed E-state index contributed by atoms with van der Waals surface area (Å²) in [5, 5.41) is 14.4. The Kier molecular flexibility index (Phi) is 6.78. The van der Waals surface area contributed by atoms with Gasteiger partial charge in [0, 0.05) is 50.9 Å². The van der Waals surface area contributed by atoms with Crippen molar-refractivity contribution < 1.29 is 14.6 Å². The highest BCUT2D eigenvalue weighted by molar-refractivity contribution is 5.76. The molecule has 0 saturated carbocycles. The lowest BCUT2D eigenvalue weighted by Gasteiger charge is -2.37. The van der Waals surface area contributed by atoms with Gasteiger partial charge >= 0.3 is 0 Å². The molecule has 0 unspecified atom stereocenters. The van der Waals surface area contributed by atoms with Crippen molar-refractivity contribution in [1.29, 1.82) is 0 Å². The average Bonchev–Trinajstić information content (AvgIpc) is 3.14. The van der Waals surface area contributed by atoms with E-state index in [1.165, 1.54) is 5.56 Å². The van der Waals surface area contributed by atoms with Crippen LogP contribution in [-0.4, -0.2) is 82.1 Å². The number of aromatic nitrogens is 2. The van der Waals surface area contributed by atoms with E-state index in [1.807, 2.05) is 23.4 Å². The third kappa shape index (κ3) is 4.58. The maximum Gasteiger partial charge on any atom is 0.244 e. The van der Waals surface area contributed by atoms with Crippen LogP contribution in [0, 0.1) is 25.7 Å². The van der Waals surface area contributed by atoms with E-state index in [-0.39, 0.29) is 37.2 Å². The molecule has 0 aliphatic carbocycles. The van der Waals surface area contributed by atoms with E-state index in [9.17, 15) is 9.90 Å². The molecule has 2 aliphatic heterocycles. The number of aryl methyl sites for hydroxylation is 1. The van der Waals surface area contributed by atoms with E-state index < -0.39 is 0 Å². The zero-order valence-corrected chi connectivity index (χ0v) is 18.0. The minimum atomic E-state index is 0.0953. The maximum absolute atomic E-state index is 12.9. The Labute approximate surface area is 168 Å². The van der Waals surface area contributed by atoms with Gasteiger partial charge in [0.05, 0.1) is 17.9 Å². The molecule has 0 spiro atoms. The van der Waals surface area contributed by atoms with Crippen LogP contribution in [0.25, 0.3) is 0 Å². The summed E-state index contributed by atoms with van der Waals surface area (Å²) >= 11 is 0. The number of carbonyl (C=O) groups excluding carboxylic acids is 1. The number of hydrogen-bond acceptors (Lipinski definition) is 5. The molecule has 7 nitrogen and oxygen atoms in total. The fraction of sp³-hybridized carbons (Fsp3) is 0.810. The third-order valence-electron chi connectivity index (χ3n) is 6.32. The largest absolute Gasteiger partial charge is 0.396 e. The molecule has 1 aromatic heterocycles.